The summed E-state index contributed by atoms with van der Waals surface area (Å²) in [5.41, 5.74) is 3.97. The lowest BCUT2D eigenvalue weighted by molar-refractivity contribution is -0.122. The van der Waals surface area contributed by atoms with Gasteiger partial charge in [0, 0.05) is 47.8 Å². The summed E-state index contributed by atoms with van der Waals surface area (Å²) < 4.78 is 61.2. The lowest BCUT2D eigenvalue weighted by Crippen LogP contribution is -2.37. The Labute approximate surface area is 352 Å². The minimum absolute atomic E-state index is 0.0135. The van der Waals surface area contributed by atoms with Crippen molar-refractivity contribution in [2.45, 2.75) is 51.6 Å². The van der Waals surface area contributed by atoms with Gasteiger partial charge < -0.3 is 5.32 Å². The van der Waals surface area contributed by atoms with Crippen molar-refractivity contribution < 1.29 is 22.0 Å². The summed E-state index contributed by atoms with van der Waals surface area (Å²) in [6, 6.07) is 19.4. The molecule has 0 unspecified atom stereocenters. The SMILES string of the molecule is Cc1cc(C)nc(-c2ccc3c(=O)n(-c4ccc(Cl)c5c(NS(C)(=O)=O)nn(C)c45)c([C@H](Cc4cc(F)cc(F)c4)NC(=O)Cn4nc(C5CC5)c5ccccc54)nc3c2)n1. The molecule has 1 aliphatic rings. The fourth-order valence-electron chi connectivity index (χ4n) is 7.93. The molecule has 1 aliphatic carbocycles. The molecule has 4 aromatic carbocycles. The highest BCUT2D eigenvalue weighted by Gasteiger charge is 2.31. The van der Waals surface area contributed by atoms with Crippen LogP contribution in [-0.2, 0) is 34.8 Å². The highest BCUT2D eigenvalue weighted by Crippen LogP contribution is 2.42. The maximum atomic E-state index is 15.1. The van der Waals surface area contributed by atoms with Crippen molar-refractivity contribution in [2.24, 2.45) is 7.05 Å². The lowest BCUT2D eigenvalue weighted by Gasteiger charge is -2.24. The highest BCUT2D eigenvalue weighted by molar-refractivity contribution is 7.92. The molecule has 18 heteroatoms. The highest BCUT2D eigenvalue weighted by atomic mass is 35.5. The predicted molar refractivity (Wildman–Crippen MR) is 228 cm³/mol. The van der Waals surface area contributed by atoms with Crippen LogP contribution in [0.5, 0.6) is 0 Å². The molecule has 0 bridgehead atoms. The van der Waals surface area contributed by atoms with Crippen LogP contribution in [-0.4, -0.2) is 59.7 Å². The van der Waals surface area contributed by atoms with Crippen LogP contribution in [0.3, 0.4) is 0 Å². The number of halogens is 3. The molecule has 61 heavy (non-hydrogen) atoms. The summed E-state index contributed by atoms with van der Waals surface area (Å²) in [4.78, 5) is 43.7. The van der Waals surface area contributed by atoms with Crippen molar-refractivity contribution in [3.8, 4) is 17.1 Å². The second kappa shape index (κ2) is 15.1. The van der Waals surface area contributed by atoms with Crippen LogP contribution in [0.4, 0.5) is 14.6 Å². The summed E-state index contributed by atoms with van der Waals surface area (Å²) >= 11 is 6.71. The predicted octanol–water partition coefficient (Wildman–Crippen LogP) is 6.98. The molecule has 4 aromatic heterocycles. The third kappa shape index (κ3) is 7.81. The molecule has 0 saturated heterocycles. The van der Waals surface area contributed by atoms with E-state index in [0.717, 1.165) is 65.3 Å². The van der Waals surface area contributed by atoms with Gasteiger partial charge in [0.05, 0.1) is 56.0 Å². The topological polar surface area (TPSA) is 172 Å². The molecule has 1 saturated carbocycles. The molecule has 0 spiro atoms. The molecule has 1 atom stereocenters. The van der Waals surface area contributed by atoms with Gasteiger partial charge in [-0.15, -0.1) is 0 Å². The van der Waals surface area contributed by atoms with E-state index in [2.05, 4.69) is 25.1 Å². The molecule has 1 fully saturated rings. The molecule has 0 aliphatic heterocycles. The molecular weight excluding hydrogens is 826 g/mol. The Balaban J connectivity index is 1.27. The zero-order valence-corrected chi connectivity index (χ0v) is 34.8. The second-order valence-corrected chi connectivity index (χ2v) is 17.5. The van der Waals surface area contributed by atoms with Crippen molar-refractivity contribution in [1.29, 1.82) is 0 Å². The largest absolute Gasteiger partial charge is 0.344 e. The van der Waals surface area contributed by atoms with Crippen LogP contribution < -0.4 is 15.6 Å². The first-order valence-electron chi connectivity index (χ1n) is 19.3. The van der Waals surface area contributed by atoms with E-state index in [1.54, 1.807) is 36.0 Å². The summed E-state index contributed by atoms with van der Waals surface area (Å²) in [5, 5.41) is 13.7. The van der Waals surface area contributed by atoms with Crippen molar-refractivity contribution in [2.75, 3.05) is 11.0 Å². The number of aromatic nitrogens is 8. The summed E-state index contributed by atoms with van der Waals surface area (Å²) in [6.45, 7) is 3.47. The van der Waals surface area contributed by atoms with E-state index in [0.29, 0.717) is 17.3 Å². The summed E-state index contributed by atoms with van der Waals surface area (Å²) in [6.07, 6.45) is 2.76. The van der Waals surface area contributed by atoms with E-state index in [1.807, 2.05) is 44.2 Å². The zero-order valence-electron chi connectivity index (χ0n) is 33.2. The number of hydrogen-bond donors (Lipinski definition) is 2. The van der Waals surface area contributed by atoms with Gasteiger partial charge in [0.1, 0.15) is 24.0 Å². The molecule has 4 heterocycles. The van der Waals surface area contributed by atoms with Gasteiger partial charge in [-0.3, -0.25) is 28.2 Å². The fraction of sp³-hybridized carbons (Fsp3) is 0.233. The number of sulfonamides is 1. The van der Waals surface area contributed by atoms with Gasteiger partial charge in [-0.25, -0.2) is 32.2 Å². The molecule has 1 amide bonds. The Kier molecular flexibility index (Phi) is 9.90. The number of para-hydroxylation sites is 1. The zero-order chi connectivity index (χ0) is 42.9. The molecule has 310 valence electrons. The average molecular weight is 863 g/mol. The van der Waals surface area contributed by atoms with Gasteiger partial charge in [-0.05, 0) is 80.8 Å². The molecule has 0 radical (unpaired) electrons. The summed E-state index contributed by atoms with van der Waals surface area (Å²) in [5.74, 6) is -1.57. The van der Waals surface area contributed by atoms with E-state index < -0.39 is 39.2 Å². The third-order valence-corrected chi connectivity index (χ3v) is 11.4. The number of carbonyl (C=O) groups excluding carboxylic acids is 1. The Morgan fingerprint density at radius 3 is 2.34 bits per heavy atom. The number of anilines is 1. The Morgan fingerprint density at radius 2 is 1.64 bits per heavy atom. The first kappa shape index (κ1) is 39.8. The number of hydrogen-bond acceptors (Lipinski definition) is 9. The Morgan fingerprint density at radius 1 is 0.918 bits per heavy atom. The van der Waals surface area contributed by atoms with Gasteiger partial charge in [0.15, 0.2) is 11.6 Å². The number of nitrogens with zero attached hydrogens (tertiary/aromatic N) is 8. The van der Waals surface area contributed by atoms with E-state index in [9.17, 15) is 22.0 Å². The number of fused-ring (bicyclic) bond motifs is 3. The number of aryl methyl sites for hydroxylation is 3. The monoisotopic (exact) mass is 862 g/mol. The normalized spacial score (nSPS) is 13.6. The van der Waals surface area contributed by atoms with Crippen LogP contribution in [0.2, 0.25) is 5.02 Å². The first-order valence-corrected chi connectivity index (χ1v) is 21.6. The van der Waals surface area contributed by atoms with Crippen molar-refractivity contribution >= 4 is 66.1 Å². The van der Waals surface area contributed by atoms with Crippen molar-refractivity contribution in [3.05, 3.63) is 134 Å². The number of benzene rings is 4. The Bertz CT molecular complexity index is 3250. The van der Waals surface area contributed by atoms with Crippen LogP contribution in [0.15, 0.2) is 83.7 Å². The molecule has 2 N–H and O–H groups in total. The van der Waals surface area contributed by atoms with Crippen molar-refractivity contribution in [3.63, 3.8) is 0 Å². The second-order valence-electron chi connectivity index (χ2n) is 15.4. The first-order chi connectivity index (χ1) is 29.1. The fourth-order valence-corrected chi connectivity index (χ4v) is 8.66. The van der Waals surface area contributed by atoms with Gasteiger partial charge >= 0.3 is 0 Å². The van der Waals surface area contributed by atoms with Crippen LogP contribution >= 0.6 is 11.6 Å². The number of amides is 1. The van der Waals surface area contributed by atoms with E-state index in [-0.39, 0.29) is 62.7 Å². The van der Waals surface area contributed by atoms with E-state index >= 15 is 4.79 Å². The van der Waals surface area contributed by atoms with Crippen molar-refractivity contribution in [1.82, 2.24) is 44.4 Å². The smallest absolute Gasteiger partial charge is 0.266 e. The van der Waals surface area contributed by atoms with Gasteiger partial charge in [-0.2, -0.15) is 10.2 Å². The Hall–Kier alpha value is -6.59. The van der Waals surface area contributed by atoms with Crippen LogP contribution in [0, 0.1) is 25.5 Å². The molecule has 8 aromatic rings. The van der Waals surface area contributed by atoms with E-state index in [4.69, 9.17) is 21.7 Å². The maximum absolute atomic E-state index is 15.1. The number of nitrogens with one attached hydrogen (secondary N) is 2. The third-order valence-electron chi connectivity index (χ3n) is 10.5. The van der Waals surface area contributed by atoms with Crippen LogP contribution in [0.25, 0.3) is 49.8 Å². The summed E-state index contributed by atoms with van der Waals surface area (Å²) in [7, 11) is -2.27. The standard InChI is InChI=1S/C43H37ClF2N10O4S/c1-22-15-23(2)48-40(47-22)26-11-12-29-32(19-26)50-42(56(43(29)58)35-14-13-31(44)37-39(35)54(3)52-41(37)53-61(4,59)60)33(18-24-16-27(45)20-28(46)17-24)49-36(57)21-55-34-8-6-5-7-30(34)38(51-55)25-9-10-25/h5-8,11-17,19-20,25,33H,9-10,18,21H2,1-4H3,(H,49,57)(H,52,53)/t33-/m0/s1. The minimum Gasteiger partial charge on any atom is -0.344 e. The lowest BCUT2D eigenvalue weighted by atomic mass is 10.0. The van der Waals surface area contributed by atoms with Gasteiger partial charge in [0.2, 0.25) is 15.9 Å². The quantitative estimate of drug-likeness (QED) is 0.139. The van der Waals surface area contributed by atoms with Gasteiger partial charge in [-0.1, -0.05) is 35.9 Å². The van der Waals surface area contributed by atoms with Crippen LogP contribution in [0.1, 0.15) is 53.3 Å². The van der Waals surface area contributed by atoms with E-state index in [1.165, 1.54) is 15.3 Å². The molecular formula is C43H37ClF2N10O4S. The number of carbonyl (C=O) groups is 1. The minimum atomic E-state index is -3.83. The molecule has 14 nitrogen and oxygen atoms in total. The maximum Gasteiger partial charge on any atom is 0.266 e. The average Bonchev–Trinajstić information content (AvgIpc) is 3.89. The van der Waals surface area contributed by atoms with Gasteiger partial charge in [0.25, 0.3) is 5.56 Å². The molecule has 9 rings (SSSR count). The number of rotatable bonds is 11.